The first-order valence-electron chi connectivity index (χ1n) is 8.77. The maximum atomic E-state index is 12.8. The van der Waals surface area contributed by atoms with E-state index < -0.39 is 15.9 Å². The van der Waals surface area contributed by atoms with Crippen molar-refractivity contribution in [2.24, 2.45) is 11.0 Å². The van der Waals surface area contributed by atoms with Crippen molar-refractivity contribution < 1.29 is 13.2 Å². The first kappa shape index (κ1) is 19.2. The number of hydrogen-bond acceptors (Lipinski definition) is 5. The van der Waals surface area contributed by atoms with E-state index in [1.807, 2.05) is 13.0 Å². The van der Waals surface area contributed by atoms with Gasteiger partial charge in [-0.3, -0.25) is 9.78 Å². The predicted octanol–water partition coefficient (Wildman–Crippen LogP) is 1.94. The summed E-state index contributed by atoms with van der Waals surface area (Å²) in [5.41, 5.74) is 4.11. The lowest BCUT2D eigenvalue weighted by Gasteiger charge is -2.30. The van der Waals surface area contributed by atoms with Gasteiger partial charge in [0, 0.05) is 19.3 Å². The number of pyridine rings is 1. The van der Waals surface area contributed by atoms with Crippen molar-refractivity contribution in [2.75, 3.05) is 13.1 Å². The van der Waals surface area contributed by atoms with E-state index in [1.165, 1.54) is 10.5 Å². The summed E-state index contributed by atoms with van der Waals surface area (Å²) < 4.78 is 27.0. The number of amides is 1. The quantitative estimate of drug-likeness (QED) is 0.628. The molecule has 2 heterocycles. The Balaban J connectivity index is 1.64. The Labute approximate surface area is 159 Å². The number of piperidine rings is 1. The predicted molar refractivity (Wildman–Crippen MR) is 103 cm³/mol. The average Bonchev–Trinajstić information content (AvgIpc) is 2.69. The van der Waals surface area contributed by atoms with E-state index in [9.17, 15) is 13.2 Å². The molecule has 1 N–H and O–H groups in total. The van der Waals surface area contributed by atoms with Gasteiger partial charge in [0.1, 0.15) is 0 Å². The Morgan fingerprint density at radius 2 is 2.04 bits per heavy atom. The Bertz CT molecular complexity index is 912. The van der Waals surface area contributed by atoms with Crippen LogP contribution >= 0.6 is 0 Å². The Morgan fingerprint density at radius 3 is 2.74 bits per heavy atom. The van der Waals surface area contributed by atoms with Crippen molar-refractivity contribution in [3.8, 4) is 0 Å². The molecular formula is C19H22N4O3S. The molecule has 0 spiro atoms. The number of aryl methyl sites for hydroxylation is 1. The molecule has 3 rings (SSSR count). The molecule has 0 aliphatic carbocycles. The summed E-state index contributed by atoms with van der Waals surface area (Å²) in [5.74, 6) is -0.717. The molecule has 1 aliphatic rings. The minimum Gasteiger partial charge on any atom is -0.273 e. The first-order chi connectivity index (χ1) is 13.0. The van der Waals surface area contributed by atoms with Crippen LogP contribution in [0.3, 0.4) is 0 Å². The second-order valence-electron chi connectivity index (χ2n) is 6.50. The molecule has 7 nitrogen and oxygen atoms in total. The summed E-state index contributed by atoms with van der Waals surface area (Å²) in [6, 6.07) is 12.1. The monoisotopic (exact) mass is 386 g/mol. The maximum absolute atomic E-state index is 12.8. The van der Waals surface area contributed by atoms with Gasteiger partial charge in [-0.25, -0.2) is 13.8 Å². The van der Waals surface area contributed by atoms with Crippen LogP contribution in [0.1, 0.15) is 24.1 Å². The van der Waals surface area contributed by atoms with Crippen molar-refractivity contribution in [2.45, 2.75) is 24.7 Å². The largest absolute Gasteiger partial charge is 0.273 e. The molecular weight excluding hydrogens is 364 g/mol. The van der Waals surface area contributed by atoms with E-state index in [1.54, 1.807) is 42.6 Å². The third-order valence-corrected chi connectivity index (χ3v) is 6.35. The fraction of sp³-hybridized carbons (Fsp3) is 0.316. The first-order valence-corrected chi connectivity index (χ1v) is 10.2. The number of benzene rings is 1. The third-order valence-electron chi connectivity index (χ3n) is 4.47. The minimum absolute atomic E-state index is 0.154. The highest BCUT2D eigenvalue weighted by atomic mass is 32.2. The van der Waals surface area contributed by atoms with Gasteiger partial charge in [-0.05, 0) is 44.0 Å². The van der Waals surface area contributed by atoms with E-state index in [0.717, 1.165) is 5.56 Å². The van der Waals surface area contributed by atoms with Gasteiger partial charge < -0.3 is 0 Å². The second-order valence-corrected chi connectivity index (χ2v) is 8.44. The smallest absolute Gasteiger partial charge is 0.244 e. The van der Waals surface area contributed by atoms with Crippen LogP contribution in [0.2, 0.25) is 0 Å². The van der Waals surface area contributed by atoms with Crippen molar-refractivity contribution >= 4 is 22.1 Å². The number of aromatic nitrogens is 1. The van der Waals surface area contributed by atoms with E-state index in [2.05, 4.69) is 15.5 Å². The number of sulfonamides is 1. The molecule has 8 heteroatoms. The lowest BCUT2D eigenvalue weighted by molar-refractivity contribution is -0.126. The van der Waals surface area contributed by atoms with E-state index in [4.69, 9.17) is 0 Å². The molecule has 0 saturated carbocycles. The zero-order valence-corrected chi connectivity index (χ0v) is 15.9. The highest BCUT2D eigenvalue weighted by molar-refractivity contribution is 7.89. The number of hydrazone groups is 1. The minimum atomic E-state index is -3.60. The van der Waals surface area contributed by atoms with Gasteiger partial charge in [0.25, 0.3) is 0 Å². The highest BCUT2D eigenvalue weighted by Gasteiger charge is 2.33. The van der Waals surface area contributed by atoms with Gasteiger partial charge in [0.2, 0.25) is 15.9 Å². The molecule has 0 unspecified atom stereocenters. The fourth-order valence-corrected chi connectivity index (χ4v) is 4.46. The average molecular weight is 386 g/mol. The molecule has 1 saturated heterocycles. The van der Waals surface area contributed by atoms with Crippen LogP contribution in [-0.2, 0) is 14.8 Å². The Kier molecular flexibility index (Phi) is 5.98. The number of hydrogen-bond donors (Lipinski definition) is 1. The van der Waals surface area contributed by atoms with Gasteiger partial charge >= 0.3 is 0 Å². The van der Waals surface area contributed by atoms with Crippen molar-refractivity contribution in [3.63, 3.8) is 0 Å². The summed E-state index contributed by atoms with van der Waals surface area (Å²) in [5, 5.41) is 3.92. The topological polar surface area (TPSA) is 91.7 Å². The van der Waals surface area contributed by atoms with Crippen LogP contribution in [0.25, 0.3) is 0 Å². The molecule has 2 aromatic rings. The summed E-state index contributed by atoms with van der Waals surface area (Å²) in [6.07, 6.45) is 4.36. The summed E-state index contributed by atoms with van der Waals surface area (Å²) in [7, 11) is -3.60. The third kappa shape index (κ3) is 4.78. The van der Waals surface area contributed by atoms with Gasteiger partial charge in [-0.2, -0.15) is 9.41 Å². The Morgan fingerprint density at radius 1 is 1.26 bits per heavy atom. The van der Waals surface area contributed by atoms with Crippen molar-refractivity contribution in [3.05, 3.63) is 59.9 Å². The van der Waals surface area contributed by atoms with Crippen LogP contribution in [-0.4, -0.2) is 42.9 Å². The molecule has 0 bridgehead atoms. The summed E-state index contributed by atoms with van der Waals surface area (Å²) in [4.78, 5) is 16.7. The van der Waals surface area contributed by atoms with Crippen molar-refractivity contribution in [1.29, 1.82) is 0 Å². The van der Waals surface area contributed by atoms with E-state index in [0.29, 0.717) is 25.1 Å². The molecule has 1 aromatic carbocycles. The van der Waals surface area contributed by atoms with Crippen molar-refractivity contribution in [1.82, 2.24) is 14.7 Å². The maximum Gasteiger partial charge on any atom is 0.244 e. The Hall–Kier alpha value is -2.58. The van der Waals surface area contributed by atoms with Gasteiger partial charge in [-0.1, -0.05) is 23.8 Å². The number of nitrogens with zero attached hydrogens (tertiary/aromatic N) is 3. The summed E-state index contributed by atoms with van der Waals surface area (Å²) >= 11 is 0. The zero-order chi connectivity index (χ0) is 19.3. The molecule has 0 radical (unpaired) electrons. The van der Waals surface area contributed by atoms with Crippen LogP contribution < -0.4 is 5.43 Å². The van der Waals surface area contributed by atoms with Gasteiger partial charge in [0.15, 0.2) is 0 Å². The number of carbonyl (C=O) groups is 1. The van der Waals surface area contributed by atoms with Gasteiger partial charge in [-0.15, -0.1) is 0 Å². The highest BCUT2D eigenvalue weighted by Crippen LogP contribution is 2.24. The van der Waals surface area contributed by atoms with Gasteiger partial charge in [0.05, 0.1) is 22.7 Å². The zero-order valence-electron chi connectivity index (χ0n) is 15.1. The lowest BCUT2D eigenvalue weighted by atomic mass is 9.99. The number of carbonyl (C=O) groups excluding carboxylic acids is 1. The molecule has 1 aromatic heterocycles. The number of nitrogens with one attached hydrogen (secondary N) is 1. The molecule has 1 fully saturated rings. The molecule has 1 amide bonds. The number of rotatable bonds is 5. The lowest BCUT2D eigenvalue weighted by Crippen LogP contribution is -2.44. The summed E-state index contributed by atoms with van der Waals surface area (Å²) in [6.45, 7) is 2.47. The van der Waals surface area contributed by atoms with Crippen LogP contribution in [0.4, 0.5) is 0 Å². The fourth-order valence-electron chi connectivity index (χ4n) is 2.94. The molecule has 27 heavy (non-hydrogen) atoms. The van der Waals surface area contributed by atoms with Crippen LogP contribution in [0.5, 0.6) is 0 Å². The second kappa shape index (κ2) is 8.41. The molecule has 1 atom stereocenters. The normalized spacial score (nSPS) is 18.5. The molecule has 142 valence electrons. The standard InChI is InChI=1S/C19H22N4O3S/c1-15-7-9-18(10-8-15)27(25,26)23-12-4-5-16(14-23)19(24)22-21-13-17-6-2-3-11-20-17/h2-3,6-11,13,16H,4-5,12,14H2,1H3,(H,22,24)/b21-13-/t16-/m0/s1. The molecule has 1 aliphatic heterocycles. The van der Waals surface area contributed by atoms with E-state index >= 15 is 0 Å². The van der Waals surface area contributed by atoms with E-state index in [-0.39, 0.29) is 17.3 Å². The van der Waals surface area contributed by atoms with Crippen LogP contribution in [0.15, 0.2) is 58.7 Å². The van der Waals surface area contributed by atoms with Crippen LogP contribution in [0, 0.1) is 12.8 Å². The SMILES string of the molecule is Cc1ccc(S(=O)(=O)N2CCC[C@H](C(=O)N/N=C\c3ccccn3)C2)cc1.